The van der Waals surface area contributed by atoms with E-state index in [-0.39, 0.29) is 17.1 Å². The Morgan fingerprint density at radius 3 is 2.83 bits per heavy atom. The lowest BCUT2D eigenvalue weighted by atomic mass is 9.93. The van der Waals surface area contributed by atoms with E-state index in [1.165, 1.54) is 0 Å². The average Bonchev–Trinajstić information content (AvgIpc) is 2.70. The molecule has 1 aromatic carbocycles. The summed E-state index contributed by atoms with van der Waals surface area (Å²) in [6, 6.07) is 5.74. The number of esters is 1. The Kier molecular flexibility index (Phi) is 3.82. The molecular formula is C13H17NO3S. The van der Waals surface area contributed by atoms with Gasteiger partial charge in [-0.05, 0) is 30.9 Å². The van der Waals surface area contributed by atoms with Gasteiger partial charge in [-0.3, -0.25) is 5.14 Å². The second-order valence-corrected chi connectivity index (χ2v) is 6.23. The maximum Gasteiger partial charge on any atom is 0.338 e. The van der Waals surface area contributed by atoms with Gasteiger partial charge in [0, 0.05) is 10.8 Å². The zero-order valence-corrected chi connectivity index (χ0v) is 11.3. The standard InChI is InChI=1S/C13H17NO3S/c1-8(5-9(2)18(14)16)10-3-4-12-11(6-10)7-17-13(12)15/h3-4,6,8-9H,5,7,14H2,1-2H3/t8-,9?,18?/m0/s1. The molecule has 2 rings (SSSR count). The predicted octanol–water partition coefficient (Wildman–Crippen LogP) is 1.86. The molecule has 5 heteroatoms. The highest BCUT2D eigenvalue weighted by Gasteiger charge is 2.22. The molecule has 98 valence electrons. The summed E-state index contributed by atoms with van der Waals surface area (Å²) in [6.07, 6.45) is 0.761. The van der Waals surface area contributed by atoms with Gasteiger partial charge in [0.05, 0.1) is 16.5 Å². The third-order valence-corrected chi connectivity index (χ3v) is 4.34. The van der Waals surface area contributed by atoms with Gasteiger partial charge in [-0.15, -0.1) is 0 Å². The number of nitrogens with two attached hydrogens (primary N) is 1. The van der Waals surface area contributed by atoms with Crippen LogP contribution in [0, 0.1) is 0 Å². The first-order valence-corrected chi connectivity index (χ1v) is 7.21. The topological polar surface area (TPSA) is 69.4 Å². The van der Waals surface area contributed by atoms with Gasteiger partial charge in [0.15, 0.2) is 0 Å². The summed E-state index contributed by atoms with van der Waals surface area (Å²) in [7, 11) is -1.29. The van der Waals surface area contributed by atoms with E-state index in [9.17, 15) is 9.00 Å². The van der Waals surface area contributed by atoms with Crippen LogP contribution in [-0.2, 0) is 22.3 Å². The van der Waals surface area contributed by atoms with Gasteiger partial charge < -0.3 is 4.74 Å². The van der Waals surface area contributed by atoms with Crippen molar-refractivity contribution in [1.29, 1.82) is 0 Å². The normalized spacial score (nSPS) is 18.9. The Hall–Kier alpha value is -1.20. The van der Waals surface area contributed by atoms with Crippen LogP contribution in [0.5, 0.6) is 0 Å². The van der Waals surface area contributed by atoms with Crippen LogP contribution in [-0.4, -0.2) is 15.4 Å². The number of benzene rings is 1. The van der Waals surface area contributed by atoms with Crippen molar-refractivity contribution in [2.45, 2.75) is 38.0 Å². The highest BCUT2D eigenvalue weighted by atomic mass is 32.2. The van der Waals surface area contributed by atoms with E-state index in [0.717, 1.165) is 17.5 Å². The summed E-state index contributed by atoms with van der Waals surface area (Å²) in [6.45, 7) is 4.31. The second kappa shape index (κ2) is 5.20. The van der Waals surface area contributed by atoms with Gasteiger partial charge >= 0.3 is 5.97 Å². The molecule has 0 saturated heterocycles. The van der Waals surface area contributed by atoms with E-state index in [4.69, 9.17) is 9.88 Å². The molecule has 0 spiro atoms. The zero-order valence-electron chi connectivity index (χ0n) is 10.5. The number of carbonyl (C=O) groups is 1. The van der Waals surface area contributed by atoms with Crippen LogP contribution in [0.15, 0.2) is 18.2 Å². The first-order valence-electron chi connectivity index (χ1n) is 5.94. The third kappa shape index (κ3) is 2.62. The highest BCUT2D eigenvalue weighted by Crippen LogP contribution is 2.27. The van der Waals surface area contributed by atoms with E-state index in [1.54, 1.807) is 6.07 Å². The van der Waals surface area contributed by atoms with Crippen molar-refractivity contribution in [2.24, 2.45) is 5.14 Å². The van der Waals surface area contributed by atoms with E-state index in [0.29, 0.717) is 12.2 Å². The van der Waals surface area contributed by atoms with Gasteiger partial charge in [0.2, 0.25) is 0 Å². The Morgan fingerprint density at radius 1 is 1.44 bits per heavy atom. The Morgan fingerprint density at radius 2 is 2.17 bits per heavy atom. The SMILES string of the molecule is CC(C[C@H](C)c1ccc2c(c1)COC2=O)S(N)=O. The van der Waals surface area contributed by atoms with Crippen molar-refractivity contribution >= 4 is 17.0 Å². The van der Waals surface area contributed by atoms with Crippen molar-refractivity contribution < 1.29 is 13.7 Å². The molecule has 2 unspecified atom stereocenters. The first kappa shape index (κ1) is 13.2. The molecule has 1 heterocycles. The molecule has 0 aliphatic carbocycles. The fraction of sp³-hybridized carbons (Fsp3) is 0.462. The third-order valence-electron chi connectivity index (χ3n) is 3.36. The summed E-state index contributed by atoms with van der Waals surface area (Å²) in [5, 5.41) is 5.34. The van der Waals surface area contributed by atoms with E-state index in [2.05, 4.69) is 6.92 Å². The molecule has 18 heavy (non-hydrogen) atoms. The molecule has 1 aromatic rings. The molecule has 4 nitrogen and oxygen atoms in total. The molecule has 1 aliphatic heterocycles. The lowest BCUT2D eigenvalue weighted by Gasteiger charge is -2.16. The van der Waals surface area contributed by atoms with Crippen LogP contribution in [0.1, 0.15) is 47.7 Å². The number of fused-ring (bicyclic) bond motifs is 1. The molecule has 2 N–H and O–H groups in total. The monoisotopic (exact) mass is 267 g/mol. The lowest BCUT2D eigenvalue weighted by Crippen LogP contribution is -2.20. The maximum atomic E-state index is 11.3. The van der Waals surface area contributed by atoms with Crippen molar-refractivity contribution in [2.75, 3.05) is 0 Å². The minimum Gasteiger partial charge on any atom is -0.457 e. The molecule has 0 radical (unpaired) electrons. The molecule has 0 aromatic heterocycles. The highest BCUT2D eigenvalue weighted by molar-refractivity contribution is 7.83. The van der Waals surface area contributed by atoms with Crippen molar-refractivity contribution in [3.8, 4) is 0 Å². The molecule has 0 amide bonds. The Balaban J connectivity index is 2.15. The molecule has 3 atom stereocenters. The number of rotatable bonds is 4. The summed E-state index contributed by atoms with van der Waals surface area (Å²) in [4.78, 5) is 11.3. The minimum absolute atomic E-state index is 0.0360. The van der Waals surface area contributed by atoms with Crippen LogP contribution in [0.3, 0.4) is 0 Å². The van der Waals surface area contributed by atoms with Gasteiger partial charge in [-0.2, -0.15) is 0 Å². The van der Waals surface area contributed by atoms with E-state index >= 15 is 0 Å². The number of cyclic esters (lactones) is 1. The number of carbonyl (C=O) groups excluding carboxylic acids is 1. The lowest BCUT2D eigenvalue weighted by molar-refractivity contribution is 0.0535. The summed E-state index contributed by atoms with van der Waals surface area (Å²) in [5.74, 6) is 0.00846. The summed E-state index contributed by atoms with van der Waals surface area (Å²) < 4.78 is 16.1. The van der Waals surface area contributed by atoms with Crippen molar-refractivity contribution in [3.63, 3.8) is 0 Å². The summed E-state index contributed by atoms with van der Waals surface area (Å²) in [5.41, 5.74) is 2.72. The van der Waals surface area contributed by atoms with E-state index in [1.807, 2.05) is 19.1 Å². The van der Waals surface area contributed by atoms with Crippen LogP contribution >= 0.6 is 0 Å². The fourth-order valence-electron chi connectivity index (χ4n) is 2.19. The largest absolute Gasteiger partial charge is 0.457 e. The van der Waals surface area contributed by atoms with Crippen LogP contribution in [0.4, 0.5) is 0 Å². The van der Waals surface area contributed by atoms with Gasteiger partial charge in [0.1, 0.15) is 6.61 Å². The van der Waals surface area contributed by atoms with Crippen molar-refractivity contribution in [1.82, 2.24) is 0 Å². The number of hydrogen-bond donors (Lipinski definition) is 1. The Bertz CT molecular complexity index is 501. The number of ether oxygens (including phenoxy) is 1. The molecule has 0 fully saturated rings. The molecule has 1 aliphatic rings. The summed E-state index contributed by atoms with van der Waals surface area (Å²) >= 11 is 0. The smallest absolute Gasteiger partial charge is 0.338 e. The maximum absolute atomic E-state index is 11.3. The van der Waals surface area contributed by atoms with Crippen LogP contribution < -0.4 is 5.14 Å². The average molecular weight is 267 g/mol. The second-order valence-electron chi connectivity index (χ2n) is 4.77. The van der Waals surface area contributed by atoms with Gasteiger partial charge in [-0.25, -0.2) is 9.00 Å². The van der Waals surface area contributed by atoms with Crippen LogP contribution in [0.25, 0.3) is 0 Å². The van der Waals surface area contributed by atoms with Gasteiger partial charge in [-0.1, -0.05) is 19.1 Å². The Labute approximate surface area is 109 Å². The minimum atomic E-state index is -1.29. The fourth-order valence-corrected chi connectivity index (χ4v) is 2.67. The van der Waals surface area contributed by atoms with Crippen LogP contribution in [0.2, 0.25) is 0 Å². The van der Waals surface area contributed by atoms with Crippen molar-refractivity contribution in [3.05, 3.63) is 34.9 Å². The predicted molar refractivity (Wildman–Crippen MR) is 70.4 cm³/mol. The molecule has 0 saturated carbocycles. The number of hydrogen-bond acceptors (Lipinski definition) is 3. The molecule has 0 bridgehead atoms. The van der Waals surface area contributed by atoms with Gasteiger partial charge in [0.25, 0.3) is 0 Å². The first-order chi connectivity index (χ1) is 8.49. The zero-order chi connectivity index (χ0) is 13.3. The van der Waals surface area contributed by atoms with E-state index < -0.39 is 11.0 Å². The molecular weight excluding hydrogens is 250 g/mol. The quantitative estimate of drug-likeness (QED) is 0.847.